The van der Waals surface area contributed by atoms with Crippen molar-refractivity contribution in [2.45, 2.75) is 10.6 Å². The number of benzene rings is 1. The first kappa shape index (κ1) is 14.3. The lowest BCUT2D eigenvalue weighted by atomic mass is 10.3. The monoisotopic (exact) mass is 316 g/mol. The van der Waals surface area contributed by atoms with Gasteiger partial charge in [-0.25, -0.2) is 13.0 Å². The molecule has 0 radical (unpaired) electrons. The molecule has 0 fully saturated rings. The Kier molecular flexibility index (Phi) is 4.13. The van der Waals surface area contributed by atoms with Crippen LogP contribution in [-0.4, -0.2) is 8.42 Å². The molecule has 6 heteroatoms. The molecule has 1 aromatic carbocycles. The maximum Gasteiger partial charge on any atom is 0.182 e. The van der Waals surface area contributed by atoms with Crippen molar-refractivity contribution in [1.29, 1.82) is 0 Å². The zero-order valence-electron chi connectivity index (χ0n) is 10.2. The largest absolute Gasteiger partial charge is 0.223 e. The van der Waals surface area contributed by atoms with E-state index in [1.54, 1.807) is 24.5 Å². The van der Waals surface area contributed by atoms with Gasteiger partial charge >= 0.3 is 0 Å². The summed E-state index contributed by atoms with van der Waals surface area (Å²) < 4.78 is 26.4. The molecular weight excluding hydrogens is 305 g/mol. The fraction of sp³-hybridized carbons (Fsp3) is 0.154. The van der Waals surface area contributed by atoms with Crippen molar-refractivity contribution in [3.8, 4) is 0 Å². The van der Waals surface area contributed by atoms with Gasteiger partial charge in [0.05, 0.1) is 10.6 Å². The number of halogens is 2. The molecule has 1 aromatic heterocycles. The highest BCUT2D eigenvalue weighted by molar-refractivity contribution is 7.90. The van der Waals surface area contributed by atoms with Crippen LogP contribution in [-0.2, 0) is 22.6 Å². The standard InChI is InChI=1S/C13H12Cl2NO2S/c1-16-4-2-10(3-5-16)9-19(17,18)13-7-11(14)6-12(15)8-13/h2-8H,9H2,1H3/q+1. The van der Waals surface area contributed by atoms with Crippen molar-refractivity contribution in [2.24, 2.45) is 7.05 Å². The fourth-order valence-electron chi connectivity index (χ4n) is 1.64. The summed E-state index contributed by atoms with van der Waals surface area (Å²) in [7, 11) is -1.58. The third kappa shape index (κ3) is 3.69. The minimum Gasteiger partial charge on any atom is -0.223 e. The van der Waals surface area contributed by atoms with Crippen molar-refractivity contribution < 1.29 is 13.0 Å². The van der Waals surface area contributed by atoms with Gasteiger partial charge in [-0.15, -0.1) is 0 Å². The Balaban J connectivity index is 2.34. The van der Waals surface area contributed by atoms with E-state index in [0.29, 0.717) is 15.6 Å². The molecule has 0 spiro atoms. The zero-order valence-corrected chi connectivity index (χ0v) is 12.5. The molecule has 0 amide bonds. The van der Waals surface area contributed by atoms with Crippen LogP contribution in [0.3, 0.4) is 0 Å². The summed E-state index contributed by atoms with van der Waals surface area (Å²) in [6, 6.07) is 7.86. The molecule has 0 bridgehead atoms. The van der Waals surface area contributed by atoms with Crippen LogP contribution in [0.4, 0.5) is 0 Å². The van der Waals surface area contributed by atoms with Gasteiger partial charge in [-0.2, -0.15) is 0 Å². The Hall–Kier alpha value is -1.10. The average Bonchev–Trinajstić information content (AvgIpc) is 2.31. The van der Waals surface area contributed by atoms with E-state index in [0.717, 1.165) is 0 Å². The van der Waals surface area contributed by atoms with E-state index in [1.165, 1.54) is 18.2 Å². The summed E-state index contributed by atoms with van der Waals surface area (Å²) in [5.41, 5.74) is 0.717. The van der Waals surface area contributed by atoms with Crippen LogP contribution >= 0.6 is 23.2 Å². The third-order valence-electron chi connectivity index (χ3n) is 2.60. The maximum absolute atomic E-state index is 12.3. The minimum atomic E-state index is -3.45. The lowest BCUT2D eigenvalue weighted by Crippen LogP contribution is -2.26. The first-order valence-electron chi connectivity index (χ1n) is 5.50. The van der Waals surface area contributed by atoms with Gasteiger partial charge in [-0.3, -0.25) is 0 Å². The normalized spacial score (nSPS) is 11.5. The smallest absolute Gasteiger partial charge is 0.182 e. The molecule has 0 saturated carbocycles. The van der Waals surface area contributed by atoms with Crippen LogP contribution in [0.5, 0.6) is 0 Å². The molecule has 0 unspecified atom stereocenters. The van der Waals surface area contributed by atoms with Crippen LogP contribution in [0.15, 0.2) is 47.6 Å². The number of hydrogen-bond acceptors (Lipinski definition) is 2. The SMILES string of the molecule is C[n+]1ccc(CS(=O)(=O)c2cc(Cl)cc(Cl)c2)cc1. The molecule has 0 aliphatic heterocycles. The van der Waals surface area contributed by atoms with Crippen molar-refractivity contribution in [2.75, 3.05) is 0 Å². The highest BCUT2D eigenvalue weighted by Gasteiger charge is 2.17. The highest BCUT2D eigenvalue weighted by Crippen LogP contribution is 2.24. The van der Waals surface area contributed by atoms with E-state index in [4.69, 9.17) is 23.2 Å². The van der Waals surface area contributed by atoms with E-state index in [9.17, 15) is 8.42 Å². The van der Waals surface area contributed by atoms with Crippen molar-refractivity contribution >= 4 is 33.0 Å². The molecule has 2 aromatic rings. The Labute approximate surface area is 122 Å². The number of rotatable bonds is 3. The van der Waals surface area contributed by atoms with Crippen LogP contribution in [0.1, 0.15) is 5.56 Å². The summed E-state index contributed by atoms with van der Waals surface area (Å²) in [5, 5.41) is 0.621. The predicted molar refractivity (Wildman–Crippen MR) is 75.0 cm³/mol. The quantitative estimate of drug-likeness (QED) is 0.817. The molecule has 1 heterocycles. The molecule has 19 heavy (non-hydrogen) atoms. The number of pyridine rings is 1. The molecule has 0 atom stereocenters. The van der Waals surface area contributed by atoms with Gasteiger partial charge in [0.15, 0.2) is 22.2 Å². The van der Waals surface area contributed by atoms with E-state index >= 15 is 0 Å². The Bertz CT molecular complexity index is 677. The molecule has 0 saturated heterocycles. The Morgan fingerprint density at radius 2 is 1.58 bits per heavy atom. The number of aryl methyl sites for hydroxylation is 1. The van der Waals surface area contributed by atoms with E-state index in [1.807, 2.05) is 11.6 Å². The van der Waals surface area contributed by atoms with Crippen LogP contribution in [0.25, 0.3) is 0 Å². The maximum atomic E-state index is 12.3. The average molecular weight is 317 g/mol. The molecule has 0 aliphatic rings. The minimum absolute atomic E-state index is 0.0789. The van der Waals surface area contributed by atoms with Gasteiger partial charge in [0.2, 0.25) is 0 Å². The van der Waals surface area contributed by atoms with Gasteiger partial charge < -0.3 is 0 Å². The molecule has 0 aliphatic carbocycles. The van der Waals surface area contributed by atoms with Crippen molar-refractivity contribution in [1.82, 2.24) is 0 Å². The Morgan fingerprint density at radius 1 is 1.05 bits per heavy atom. The summed E-state index contributed by atoms with van der Waals surface area (Å²) in [6.07, 6.45) is 3.60. The summed E-state index contributed by atoms with van der Waals surface area (Å²) in [6.45, 7) is 0. The van der Waals surface area contributed by atoms with E-state index in [-0.39, 0.29) is 10.6 Å². The molecule has 0 N–H and O–H groups in total. The second kappa shape index (κ2) is 5.49. The Morgan fingerprint density at radius 3 is 2.11 bits per heavy atom. The predicted octanol–water partition coefficient (Wildman–Crippen LogP) is 2.79. The molecule has 2 rings (SSSR count). The van der Waals surface area contributed by atoms with E-state index < -0.39 is 9.84 Å². The van der Waals surface area contributed by atoms with Gasteiger partial charge in [0, 0.05) is 22.2 Å². The number of sulfone groups is 1. The number of nitrogens with zero attached hydrogens (tertiary/aromatic N) is 1. The summed E-state index contributed by atoms with van der Waals surface area (Å²) >= 11 is 11.7. The van der Waals surface area contributed by atoms with Crippen LogP contribution in [0, 0.1) is 0 Å². The van der Waals surface area contributed by atoms with Crippen LogP contribution in [0.2, 0.25) is 10.0 Å². The van der Waals surface area contributed by atoms with Gasteiger partial charge in [0.25, 0.3) is 0 Å². The molecular formula is C13H12Cl2NO2S+. The number of hydrogen-bond donors (Lipinski definition) is 0. The zero-order chi connectivity index (χ0) is 14.0. The van der Waals surface area contributed by atoms with Gasteiger partial charge in [0.1, 0.15) is 7.05 Å². The van der Waals surface area contributed by atoms with Gasteiger partial charge in [-0.05, 0) is 23.8 Å². The lowest BCUT2D eigenvalue weighted by Gasteiger charge is -2.05. The van der Waals surface area contributed by atoms with Crippen molar-refractivity contribution in [3.63, 3.8) is 0 Å². The van der Waals surface area contributed by atoms with Crippen molar-refractivity contribution in [3.05, 3.63) is 58.3 Å². The number of aromatic nitrogens is 1. The van der Waals surface area contributed by atoms with E-state index in [2.05, 4.69) is 0 Å². The lowest BCUT2D eigenvalue weighted by molar-refractivity contribution is -0.671. The second-order valence-electron chi connectivity index (χ2n) is 4.24. The highest BCUT2D eigenvalue weighted by atomic mass is 35.5. The molecule has 100 valence electrons. The second-order valence-corrected chi connectivity index (χ2v) is 7.10. The molecule has 3 nitrogen and oxygen atoms in total. The third-order valence-corrected chi connectivity index (χ3v) is 4.70. The summed E-state index contributed by atoms with van der Waals surface area (Å²) in [5.74, 6) is -0.0789. The first-order chi connectivity index (χ1) is 8.87. The summed E-state index contributed by atoms with van der Waals surface area (Å²) in [4.78, 5) is 0.137. The van der Waals surface area contributed by atoms with Crippen LogP contribution < -0.4 is 4.57 Å². The topological polar surface area (TPSA) is 38.0 Å². The first-order valence-corrected chi connectivity index (χ1v) is 7.91. The fourth-order valence-corrected chi connectivity index (χ4v) is 3.71. The van der Waals surface area contributed by atoms with Gasteiger partial charge in [-0.1, -0.05) is 23.2 Å².